The van der Waals surface area contributed by atoms with E-state index in [0.717, 1.165) is 31.1 Å². The van der Waals surface area contributed by atoms with Crippen molar-refractivity contribution < 1.29 is 17.9 Å². The van der Waals surface area contributed by atoms with Crippen molar-refractivity contribution in [2.75, 3.05) is 7.11 Å². The second kappa shape index (κ2) is 7.37. The highest BCUT2D eigenvalue weighted by molar-refractivity contribution is 5.86. The van der Waals surface area contributed by atoms with E-state index in [-0.39, 0.29) is 17.1 Å². The number of hydrogen-bond acceptors (Lipinski definition) is 1. The Kier molecular flexibility index (Phi) is 5.09. The lowest BCUT2D eigenvalue weighted by Gasteiger charge is -2.42. The van der Waals surface area contributed by atoms with E-state index in [4.69, 9.17) is 4.74 Å². The molecule has 0 aliphatic heterocycles. The molecule has 4 rings (SSSR count). The van der Waals surface area contributed by atoms with Gasteiger partial charge in [0.25, 0.3) is 0 Å². The quantitative estimate of drug-likeness (QED) is 0.562. The fourth-order valence-electron chi connectivity index (χ4n) is 5.48. The minimum absolute atomic E-state index is 0.0957. The molecule has 4 atom stereocenters. The van der Waals surface area contributed by atoms with Crippen LogP contribution in [0.15, 0.2) is 18.2 Å². The van der Waals surface area contributed by atoms with E-state index >= 15 is 4.39 Å². The van der Waals surface area contributed by atoms with Crippen LogP contribution in [0.3, 0.4) is 0 Å². The van der Waals surface area contributed by atoms with Crippen molar-refractivity contribution in [1.82, 2.24) is 0 Å². The van der Waals surface area contributed by atoms with E-state index in [1.54, 1.807) is 12.1 Å². The topological polar surface area (TPSA) is 9.23 Å². The average molecular weight is 376 g/mol. The van der Waals surface area contributed by atoms with Crippen LogP contribution in [-0.2, 0) is 0 Å². The van der Waals surface area contributed by atoms with Crippen LogP contribution >= 0.6 is 0 Å². The van der Waals surface area contributed by atoms with Crippen molar-refractivity contribution in [2.24, 2.45) is 17.8 Å². The molecule has 2 aromatic rings. The van der Waals surface area contributed by atoms with Gasteiger partial charge in [-0.25, -0.2) is 8.78 Å². The zero-order valence-electron chi connectivity index (χ0n) is 16.0. The fraction of sp³-hybridized carbons (Fsp3) is 0.565. The van der Waals surface area contributed by atoms with E-state index in [1.165, 1.54) is 38.9 Å². The van der Waals surface area contributed by atoms with Gasteiger partial charge in [0, 0.05) is 0 Å². The smallest absolute Gasteiger partial charge is 0.201 e. The molecule has 146 valence electrons. The summed E-state index contributed by atoms with van der Waals surface area (Å²) in [4.78, 5) is 0. The van der Waals surface area contributed by atoms with Crippen LogP contribution in [-0.4, -0.2) is 7.11 Å². The Labute approximate surface area is 158 Å². The second-order valence-electron chi connectivity index (χ2n) is 8.39. The van der Waals surface area contributed by atoms with E-state index in [2.05, 4.69) is 6.92 Å². The Morgan fingerprint density at radius 2 is 1.67 bits per heavy atom. The first-order chi connectivity index (χ1) is 13.0. The summed E-state index contributed by atoms with van der Waals surface area (Å²) in [6.45, 7) is 2.27. The summed E-state index contributed by atoms with van der Waals surface area (Å²) >= 11 is 0. The van der Waals surface area contributed by atoms with Gasteiger partial charge in [0.05, 0.1) is 12.5 Å². The number of hydrogen-bond donors (Lipinski definition) is 0. The second-order valence-corrected chi connectivity index (χ2v) is 8.39. The third-order valence-electron chi connectivity index (χ3n) is 7.08. The molecule has 0 heterocycles. The molecule has 2 fully saturated rings. The molecule has 2 saturated carbocycles. The summed E-state index contributed by atoms with van der Waals surface area (Å²) < 4.78 is 48.7. The molecule has 2 aromatic carbocycles. The monoisotopic (exact) mass is 376 g/mol. The van der Waals surface area contributed by atoms with Crippen LogP contribution in [0.5, 0.6) is 5.75 Å². The number of halogens is 3. The summed E-state index contributed by atoms with van der Waals surface area (Å²) in [5, 5.41) is 0.0896. The maximum absolute atomic E-state index is 15.2. The lowest BCUT2D eigenvalue weighted by atomic mass is 9.63. The standard InChI is InChI=1S/C23H27F3O/c1-3-13-4-5-15-11-16(7-6-14(15)10-13)18-9-8-17-12-19(27-2)22(25)23(26)20(17)21(18)24/h8-9,12-16H,3-7,10-11H2,1-2H3. The summed E-state index contributed by atoms with van der Waals surface area (Å²) in [5.41, 5.74) is 0.544. The van der Waals surface area contributed by atoms with Gasteiger partial charge in [0.2, 0.25) is 5.82 Å². The van der Waals surface area contributed by atoms with Crippen LogP contribution in [0.2, 0.25) is 0 Å². The molecule has 0 bridgehead atoms. The Hall–Kier alpha value is -1.71. The Balaban J connectivity index is 1.65. The fourth-order valence-corrected chi connectivity index (χ4v) is 5.48. The Bertz CT molecular complexity index is 847. The van der Waals surface area contributed by atoms with Crippen molar-refractivity contribution in [2.45, 2.75) is 57.8 Å². The molecule has 0 spiro atoms. The van der Waals surface area contributed by atoms with Crippen LogP contribution in [0, 0.1) is 35.2 Å². The minimum Gasteiger partial charge on any atom is -0.494 e. The maximum atomic E-state index is 15.2. The predicted octanol–water partition coefficient (Wildman–Crippen LogP) is 6.98. The number of benzene rings is 2. The molecule has 27 heavy (non-hydrogen) atoms. The molecule has 0 N–H and O–H groups in total. The van der Waals surface area contributed by atoms with Crippen molar-refractivity contribution >= 4 is 10.8 Å². The highest BCUT2D eigenvalue weighted by Crippen LogP contribution is 2.49. The van der Waals surface area contributed by atoms with E-state index in [0.29, 0.717) is 16.9 Å². The van der Waals surface area contributed by atoms with Gasteiger partial charge in [-0.1, -0.05) is 31.9 Å². The zero-order valence-corrected chi connectivity index (χ0v) is 16.0. The van der Waals surface area contributed by atoms with Crippen molar-refractivity contribution in [3.05, 3.63) is 41.2 Å². The van der Waals surface area contributed by atoms with Gasteiger partial charge >= 0.3 is 0 Å². The highest BCUT2D eigenvalue weighted by atomic mass is 19.2. The van der Waals surface area contributed by atoms with Gasteiger partial charge in [-0.15, -0.1) is 0 Å². The van der Waals surface area contributed by atoms with Gasteiger partial charge in [-0.05, 0) is 72.8 Å². The van der Waals surface area contributed by atoms with Gasteiger partial charge < -0.3 is 4.74 Å². The van der Waals surface area contributed by atoms with Gasteiger partial charge in [-0.3, -0.25) is 0 Å². The lowest BCUT2D eigenvalue weighted by Crippen LogP contribution is -2.30. The van der Waals surface area contributed by atoms with E-state index in [1.807, 2.05) is 0 Å². The zero-order chi connectivity index (χ0) is 19.1. The van der Waals surface area contributed by atoms with Crippen molar-refractivity contribution in [3.63, 3.8) is 0 Å². The van der Waals surface area contributed by atoms with Crippen molar-refractivity contribution in [3.8, 4) is 5.75 Å². The molecule has 0 radical (unpaired) electrons. The largest absolute Gasteiger partial charge is 0.494 e. The Morgan fingerprint density at radius 3 is 2.41 bits per heavy atom. The summed E-state index contributed by atoms with van der Waals surface area (Å²) in [6, 6.07) is 4.82. The van der Waals surface area contributed by atoms with Crippen molar-refractivity contribution in [1.29, 1.82) is 0 Å². The molecule has 2 aliphatic carbocycles. The number of rotatable bonds is 3. The molecule has 0 saturated heterocycles. The summed E-state index contributed by atoms with van der Waals surface area (Å²) in [5.74, 6) is -0.743. The number of methoxy groups -OCH3 is 1. The minimum atomic E-state index is -1.15. The Morgan fingerprint density at radius 1 is 0.926 bits per heavy atom. The van der Waals surface area contributed by atoms with E-state index in [9.17, 15) is 8.78 Å². The lowest BCUT2D eigenvalue weighted by molar-refractivity contribution is 0.116. The molecular formula is C23H27F3O. The molecular weight excluding hydrogens is 349 g/mol. The van der Waals surface area contributed by atoms with Gasteiger partial charge in [0.15, 0.2) is 11.6 Å². The molecule has 0 aromatic heterocycles. The molecule has 0 amide bonds. The first kappa shape index (κ1) is 18.6. The summed E-state index contributed by atoms with van der Waals surface area (Å²) in [7, 11) is 1.28. The van der Waals surface area contributed by atoms with Gasteiger partial charge in [0.1, 0.15) is 5.82 Å². The van der Waals surface area contributed by atoms with Crippen LogP contribution in [0.25, 0.3) is 10.8 Å². The first-order valence-electron chi connectivity index (χ1n) is 10.2. The highest BCUT2D eigenvalue weighted by Gasteiger charge is 2.36. The predicted molar refractivity (Wildman–Crippen MR) is 102 cm³/mol. The first-order valence-corrected chi connectivity index (χ1v) is 10.2. The maximum Gasteiger partial charge on any atom is 0.201 e. The van der Waals surface area contributed by atoms with E-state index < -0.39 is 17.5 Å². The van der Waals surface area contributed by atoms with Crippen LogP contribution < -0.4 is 4.74 Å². The number of fused-ring (bicyclic) bond motifs is 2. The third kappa shape index (κ3) is 3.21. The SMILES string of the molecule is CCC1CCC2CC(c3ccc4cc(OC)c(F)c(F)c4c3F)CCC2C1. The molecule has 1 nitrogen and oxygen atoms in total. The molecule has 4 heteroatoms. The normalized spacial score (nSPS) is 28.2. The summed E-state index contributed by atoms with van der Waals surface area (Å²) in [6.07, 6.45) is 8.04. The number of ether oxygens (including phenoxy) is 1. The molecule has 4 unspecified atom stereocenters. The molecule has 2 aliphatic rings. The van der Waals surface area contributed by atoms with Crippen LogP contribution in [0.4, 0.5) is 13.2 Å². The third-order valence-corrected chi connectivity index (χ3v) is 7.08. The van der Waals surface area contributed by atoms with Crippen LogP contribution in [0.1, 0.15) is 63.4 Å². The van der Waals surface area contributed by atoms with Gasteiger partial charge in [-0.2, -0.15) is 4.39 Å². The average Bonchev–Trinajstić information content (AvgIpc) is 2.69.